The fourth-order valence-corrected chi connectivity index (χ4v) is 2.33. The van der Waals surface area contributed by atoms with Crippen molar-refractivity contribution >= 4 is 23.4 Å². The molecule has 0 radical (unpaired) electrons. The smallest absolute Gasteiger partial charge is 0.341 e. The normalized spacial score (nSPS) is 15.4. The van der Waals surface area contributed by atoms with Gasteiger partial charge in [0.2, 0.25) is 0 Å². The van der Waals surface area contributed by atoms with Crippen molar-refractivity contribution in [3.8, 4) is 0 Å². The molecule has 1 aromatic rings. The van der Waals surface area contributed by atoms with Crippen LogP contribution in [0.1, 0.15) is 23.0 Å². The molecule has 0 N–H and O–H groups in total. The predicted molar refractivity (Wildman–Crippen MR) is 73.0 cm³/mol. The average Bonchev–Trinajstić information content (AvgIpc) is 2.39. The molecule has 0 spiro atoms. The minimum Gasteiger partial charge on any atom is -0.462 e. The highest BCUT2D eigenvalue weighted by atomic mass is 35.5. The molecule has 1 aliphatic heterocycles. The minimum absolute atomic E-state index is 0.319. The van der Waals surface area contributed by atoms with Crippen molar-refractivity contribution in [3.05, 3.63) is 22.3 Å². The standard InChI is InChI=1S/C13H17ClN2O3/c1-3-19-13(17)12-9(2)15-11(8-10(12)14)16-4-6-18-7-5-16/h8H,3-7H2,1-2H3. The lowest BCUT2D eigenvalue weighted by molar-refractivity contribution is 0.0525. The largest absolute Gasteiger partial charge is 0.462 e. The van der Waals surface area contributed by atoms with Crippen LogP contribution in [0.2, 0.25) is 5.02 Å². The van der Waals surface area contributed by atoms with Crippen LogP contribution in [-0.2, 0) is 9.47 Å². The first kappa shape index (κ1) is 14.1. The van der Waals surface area contributed by atoms with E-state index in [9.17, 15) is 4.79 Å². The number of ether oxygens (including phenoxy) is 2. The van der Waals surface area contributed by atoms with Gasteiger partial charge in [0, 0.05) is 19.2 Å². The van der Waals surface area contributed by atoms with Crippen LogP contribution >= 0.6 is 11.6 Å². The third-order valence-corrected chi connectivity index (χ3v) is 3.25. The molecule has 0 saturated carbocycles. The highest BCUT2D eigenvalue weighted by Crippen LogP contribution is 2.25. The molecule has 2 heterocycles. The van der Waals surface area contributed by atoms with Gasteiger partial charge in [0.25, 0.3) is 0 Å². The molecule has 0 aromatic carbocycles. The summed E-state index contributed by atoms with van der Waals surface area (Å²) in [5, 5.41) is 0.382. The van der Waals surface area contributed by atoms with Gasteiger partial charge in [-0.3, -0.25) is 0 Å². The molecule has 1 saturated heterocycles. The fraction of sp³-hybridized carbons (Fsp3) is 0.538. The highest BCUT2D eigenvalue weighted by molar-refractivity contribution is 6.34. The molecule has 1 fully saturated rings. The molecular weight excluding hydrogens is 268 g/mol. The number of aromatic nitrogens is 1. The van der Waals surface area contributed by atoms with E-state index in [1.165, 1.54) is 0 Å². The third kappa shape index (κ3) is 3.16. The predicted octanol–water partition coefficient (Wildman–Crippen LogP) is 2.06. The molecule has 5 nitrogen and oxygen atoms in total. The molecular formula is C13H17ClN2O3. The van der Waals surface area contributed by atoms with Gasteiger partial charge in [0.15, 0.2) is 0 Å². The van der Waals surface area contributed by atoms with Gasteiger partial charge in [0.1, 0.15) is 5.82 Å². The summed E-state index contributed by atoms with van der Waals surface area (Å²) in [6.07, 6.45) is 0. The second-order valence-electron chi connectivity index (χ2n) is 4.24. The quantitative estimate of drug-likeness (QED) is 0.795. The summed E-state index contributed by atoms with van der Waals surface area (Å²) < 4.78 is 10.3. The Labute approximate surface area is 117 Å². The Morgan fingerprint density at radius 2 is 2.21 bits per heavy atom. The Morgan fingerprint density at radius 3 is 2.79 bits per heavy atom. The van der Waals surface area contributed by atoms with Gasteiger partial charge >= 0.3 is 5.97 Å². The Bertz CT molecular complexity index is 450. The molecule has 0 bridgehead atoms. The van der Waals surface area contributed by atoms with E-state index >= 15 is 0 Å². The third-order valence-electron chi connectivity index (χ3n) is 2.95. The van der Waals surface area contributed by atoms with Gasteiger partial charge in [-0.25, -0.2) is 9.78 Å². The zero-order chi connectivity index (χ0) is 13.8. The fourth-order valence-electron chi connectivity index (χ4n) is 2.02. The van der Waals surface area contributed by atoms with Crippen LogP contribution in [0.3, 0.4) is 0 Å². The van der Waals surface area contributed by atoms with E-state index in [1.54, 1.807) is 19.9 Å². The second-order valence-corrected chi connectivity index (χ2v) is 4.65. The van der Waals surface area contributed by atoms with E-state index in [2.05, 4.69) is 9.88 Å². The van der Waals surface area contributed by atoms with Crippen LogP contribution in [0.4, 0.5) is 5.82 Å². The summed E-state index contributed by atoms with van der Waals surface area (Å²) in [5.74, 6) is 0.352. The molecule has 104 valence electrons. The molecule has 2 rings (SSSR count). The van der Waals surface area contributed by atoms with Gasteiger partial charge in [-0.2, -0.15) is 0 Å². The number of esters is 1. The monoisotopic (exact) mass is 284 g/mol. The molecule has 1 aliphatic rings. The van der Waals surface area contributed by atoms with Crippen molar-refractivity contribution in [1.82, 2.24) is 4.98 Å². The van der Waals surface area contributed by atoms with Crippen LogP contribution in [0.25, 0.3) is 0 Å². The number of anilines is 1. The highest BCUT2D eigenvalue weighted by Gasteiger charge is 2.20. The van der Waals surface area contributed by atoms with Crippen molar-refractivity contribution in [2.45, 2.75) is 13.8 Å². The topological polar surface area (TPSA) is 51.7 Å². The Morgan fingerprint density at radius 1 is 1.53 bits per heavy atom. The summed E-state index contributed by atoms with van der Waals surface area (Å²) in [6, 6.07) is 1.71. The van der Waals surface area contributed by atoms with Crippen molar-refractivity contribution in [3.63, 3.8) is 0 Å². The average molecular weight is 285 g/mol. The zero-order valence-electron chi connectivity index (χ0n) is 11.1. The number of hydrogen-bond donors (Lipinski definition) is 0. The van der Waals surface area contributed by atoms with E-state index < -0.39 is 5.97 Å². The lowest BCUT2D eigenvalue weighted by atomic mass is 10.2. The van der Waals surface area contributed by atoms with E-state index in [0.717, 1.165) is 18.9 Å². The van der Waals surface area contributed by atoms with Gasteiger partial charge in [-0.05, 0) is 13.8 Å². The van der Waals surface area contributed by atoms with Crippen molar-refractivity contribution in [2.24, 2.45) is 0 Å². The summed E-state index contributed by atoms with van der Waals surface area (Å²) in [6.45, 7) is 6.76. The summed E-state index contributed by atoms with van der Waals surface area (Å²) >= 11 is 6.19. The number of carbonyl (C=O) groups excluding carboxylic acids is 1. The molecule has 1 aromatic heterocycles. The lowest BCUT2D eigenvalue weighted by Gasteiger charge is -2.28. The van der Waals surface area contributed by atoms with Crippen molar-refractivity contribution < 1.29 is 14.3 Å². The first-order chi connectivity index (χ1) is 9.13. The second kappa shape index (κ2) is 6.21. The molecule has 0 unspecified atom stereocenters. The number of hydrogen-bond acceptors (Lipinski definition) is 5. The van der Waals surface area contributed by atoms with Gasteiger partial charge in [-0.1, -0.05) is 11.6 Å². The van der Waals surface area contributed by atoms with Crippen LogP contribution in [-0.4, -0.2) is 43.9 Å². The number of morpholine rings is 1. The molecule has 19 heavy (non-hydrogen) atoms. The number of nitrogens with zero attached hydrogens (tertiary/aromatic N) is 2. The summed E-state index contributed by atoms with van der Waals surface area (Å²) in [5.41, 5.74) is 0.938. The molecule has 0 atom stereocenters. The SMILES string of the molecule is CCOC(=O)c1c(Cl)cc(N2CCOCC2)nc1C. The van der Waals surface area contributed by atoms with Gasteiger partial charge in [0.05, 0.1) is 36.1 Å². The van der Waals surface area contributed by atoms with E-state index in [-0.39, 0.29) is 0 Å². The van der Waals surface area contributed by atoms with E-state index in [0.29, 0.717) is 36.1 Å². The van der Waals surface area contributed by atoms with Crippen LogP contribution in [0.15, 0.2) is 6.07 Å². The lowest BCUT2D eigenvalue weighted by Crippen LogP contribution is -2.37. The van der Waals surface area contributed by atoms with E-state index in [4.69, 9.17) is 21.1 Å². The molecule has 6 heteroatoms. The summed E-state index contributed by atoms with van der Waals surface area (Å²) in [7, 11) is 0. The van der Waals surface area contributed by atoms with Crippen LogP contribution < -0.4 is 4.90 Å². The van der Waals surface area contributed by atoms with Gasteiger partial charge < -0.3 is 14.4 Å². The van der Waals surface area contributed by atoms with Crippen LogP contribution in [0, 0.1) is 6.92 Å². The maximum Gasteiger partial charge on any atom is 0.341 e. The van der Waals surface area contributed by atoms with E-state index in [1.807, 2.05) is 0 Å². The Balaban J connectivity index is 2.27. The first-order valence-corrected chi connectivity index (χ1v) is 6.68. The zero-order valence-corrected chi connectivity index (χ0v) is 11.9. The number of carbonyl (C=O) groups is 1. The van der Waals surface area contributed by atoms with Crippen molar-refractivity contribution in [2.75, 3.05) is 37.8 Å². The van der Waals surface area contributed by atoms with Gasteiger partial charge in [-0.15, -0.1) is 0 Å². The first-order valence-electron chi connectivity index (χ1n) is 6.30. The van der Waals surface area contributed by atoms with Crippen LogP contribution in [0.5, 0.6) is 0 Å². The Hall–Kier alpha value is -1.33. The maximum absolute atomic E-state index is 11.8. The summed E-state index contributed by atoms with van der Waals surface area (Å²) in [4.78, 5) is 18.3. The Kier molecular flexibility index (Phi) is 4.61. The number of aryl methyl sites for hydroxylation is 1. The molecule has 0 amide bonds. The molecule has 0 aliphatic carbocycles. The maximum atomic E-state index is 11.8. The number of pyridine rings is 1. The number of rotatable bonds is 3. The number of halogens is 1. The van der Waals surface area contributed by atoms with Crippen molar-refractivity contribution in [1.29, 1.82) is 0 Å². The minimum atomic E-state index is -0.425.